The number of fused-ring (bicyclic) bond motifs is 2. The van der Waals surface area contributed by atoms with Gasteiger partial charge in [-0.2, -0.15) is 0 Å². The van der Waals surface area contributed by atoms with Crippen LogP contribution in [0.5, 0.6) is 0 Å². The van der Waals surface area contributed by atoms with Crippen LogP contribution >= 0.6 is 12.4 Å². The van der Waals surface area contributed by atoms with Gasteiger partial charge in [-0.25, -0.2) is 0 Å². The van der Waals surface area contributed by atoms with Crippen molar-refractivity contribution >= 4 is 18.3 Å². The number of halogens is 1. The van der Waals surface area contributed by atoms with Gasteiger partial charge in [-0.3, -0.25) is 4.79 Å². The Bertz CT molecular complexity index is 562. The molecule has 2 fully saturated rings. The standard InChI is InChI=1S/C22H34N2O.ClH/c1-4-21(14-17-8-6-16(3)7-9-17)24(5-2)22(25)15-18-12-19-10-11-20(13-18)23-19;/h6-9,18-21,23H,4-5,10-15H2,1-3H3;1H. The molecule has 0 radical (unpaired) electrons. The van der Waals surface area contributed by atoms with Crippen molar-refractivity contribution < 1.29 is 4.79 Å². The Hall–Kier alpha value is -1.06. The Morgan fingerprint density at radius 2 is 1.77 bits per heavy atom. The molecule has 2 aliphatic heterocycles. The number of nitrogens with zero attached hydrogens (tertiary/aromatic N) is 1. The van der Waals surface area contributed by atoms with Crippen molar-refractivity contribution in [2.24, 2.45) is 5.92 Å². The lowest BCUT2D eigenvalue weighted by Gasteiger charge is -2.34. The van der Waals surface area contributed by atoms with Gasteiger partial charge in [0, 0.05) is 31.1 Å². The summed E-state index contributed by atoms with van der Waals surface area (Å²) in [4.78, 5) is 15.2. The van der Waals surface area contributed by atoms with Gasteiger partial charge < -0.3 is 10.2 Å². The van der Waals surface area contributed by atoms with Crippen LogP contribution in [0, 0.1) is 12.8 Å². The minimum Gasteiger partial charge on any atom is -0.340 e. The number of hydrogen-bond donors (Lipinski definition) is 1. The molecule has 0 aliphatic carbocycles. The van der Waals surface area contributed by atoms with Crippen LogP contribution in [0.2, 0.25) is 0 Å². The third kappa shape index (κ3) is 5.23. The maximum atomic E-state index is 13.0. The van der Waals surface area contributed by atoms with Crippen LogP contribution in [-0.4, -0.2) is 35.5 Å². The summed E-state index contributed by atoms with van der Waals surface area (Å²) in [5.41, 5.74) is 2.63. The van der Waals surface area contributed by atoms with Crippen molar-refractivity contribution in [3.05, 3.63) is 35.4 Å². The molecule has 0 spiro atoms. The summed E-state index contributed by atoms with van der Waals surface area (Å²) in [7, 11) is 0. The molecule has 1 aromatic rings. The first-order valence-electron chi connectivity index (χ1n) is 10.2. The molecule has 1 N–H and O–H groups in total. The zero-order chi connectivity index (χ0) is 17.8. The molecule has 2 bridgehead atoms. The van der Waals surface area contributed by atoms with Gasteiger partial charge in [0.2, 0.25) is 5.91 Å². The van der Waals surface area contributed by atoms with Gasteiger partial charge in [0.25, 0.3) is 0 Å². The highest BCUT2D eigenvalue weighted by Crippen LogP contribution is 2.33. The zero-order valence-corrected chi connectivity index (χ0v) is 17.4. The zero-order valence-electron chi connectivity index (χ0n) is 16.5. The maximum Gasteiger partial charge on any atom is 0.223 e. The van der Waals surface area contributed by atoms with E-state index in [-0.39, 0.29) is 12.4 Å². The van der Waals surface area contributed by atoms with E-state index in [1.807, 2.05) is 0 Å². The first kappa shape index (κ1) is 21.2. The summed E-state index contributed by atoms with van der Waals surface area (Å²) in [6.45, 7) is 7.28. The number of carbonyl (C=O) groups is 1. The Labute approximate surface area is 165 Å². The van der Waals surface area contributed by atoms with E-state index in [0.717, 1.165) is 25.8 Å². The molecule has 4 heteroatoms. The van der Waals surface area contributed by atoms with Crippen LogP contribution in [-0.2, 0) is 11.2 Å². The molecule has 3 nitrogen and oxygen atoms in total. The van der Waals surface area contributed by atoms with E-state index in [9.17, 15) is 4.79 Å². The molecule has 2 saturated heterocycles. The van der Waals surface area contributed by atoms with Crippen LogP contribution in [0.25, 0.3) is 0 Å². The van der Waals surface area contributed by atoms with Gasteiger partial charge in [0.1, 0.15) is 0 Å². The Morgan fingerprint density at radius 3 is 2.31 bits per heavy atom. The molecule has 146 valence electrons. The Morgan fingerprint density at radius 1 is 1.15 bits per heavy atom. The smallest absolute Gasteiger partial charge is 0.223 e. The highest BCUT2D eigenvalue weighted by Gasteiger charge is 2.35. The molecular weight excluding hydrogens is 344 g/mol. The van der Waals surface area contributed by atoms with E-state index in [1.54, 1.807) is 0 Å². The fourth-order valence-corrected chi connectivity index (χ4v) is 4.82. The number of carbonyl (C=O) groups excluding carboxylic acids is 1. The highest BCUT2D eigenvalue weighted by atomic mass is 35.5. The van der Waals surface area contributed by atoms with Crippen molar-refractivity contribution in [2.45, 2.75) is 83.8 Å². The topological polar surface area (TPSA) is 32.3 Å². The quantitative estimate of drug-likeness (QED) is 0.757. The normalized spacial score (nSPS) is 25.4. The lowest BCUT2D eigenvalue weighted by Crippen LogP contribution is -2.44. The van der Waals surface area contributed by atoms with Gasteiger partial charge in [-0.05, 0) is 63.9 Å². The summed E-state index contributed by atoms with van der Waals surface area (Å²) in [5, 5.41) is 3.68. The van der Waals surface area contributed by atoms with E-state index in [4.69, 9.17) is 0 Å². The van der Waals surface area contributed by atoms with Crippen LogP contribution in [0.15, 0.2) is 24.3 Å². The van der Waals surface area contributed by atoms with Crippen molar-refractivity contribution in [1.82, 2.24) is 10.2 Å². The van der Waals surface area contributed by atoms with E-state index in [2.05, 4.69) is 55.3 Å². The molecule has 1 aromatic carbocycles. The van der Waals surface area contributed by atoms with Crippen LogP contribution in [0.4, 0.5) is 0 Å². The summed E-state index contributed by atoms with van der Waals surface area (Å²) >= 11 is 0. The van der Waals surface area contributed by atoms with Gasteiger partial charge in [-0.1, -0.05) is 36.8 Å². The molecule has 0 saturated carbocycles. The third-order valence-corrected chi connectivity index (χ3v) is 6.20. The van der Waals surface area contributed by atoms with Crippen molar-refractivity contribution in [3.8, 4) is 0 Å². The molecule has 26 heavy (non-hydrogen) atoms. The molecule has 2 heterocycles. The lowest BCUT2D eigenvalue weighted by atomic mass is 9.89. The highest BCUT2D eigenvalue weighted by molar-refractivity contribution is 5.85. The molecule has 2 aliphatic rings. The van der Waals surface area contributed by atoms with Crippen molar-refractivity contribution in [2.75, 3.05) is 6.54 Å². The Balaban J connectivity index is 0.00000243. The molecular formula is C22H35ClN2O. The van der Waals surface area contributed by atoms with Gasteiger partial charge in [0.05, 0.1) is 0 Å². The SMILES string of the molecule is CCC(Cc1ccc(C)cc1)N(CC)C(=O)CC1CC2CCC(C1)N2.Cl. The fraction of sp³-hybridized carbons (Fsp3) is 0.682. The average molecular weight is 379 g/mol. The first-order chi connectivity index (χ1) is 12.1. The van der Waals surface area contributed by atoms with Crippen LogP contribution in [0.3, 0.4) is 0 Å². The summed E-state index contributed by atoms with van der Waals surface area (Å²) in [6.07, 6.45) is 7.71. The van der Waals surface area contributed by atoms with Gasteiger partial charge in [0.15, 0.2) is 0 Å². The number of amides is 1. The summed E-state index contributed by atoms with van der Waals surface area (Å²) < 4.78 is 0. The van der Waals surface area contributed by atoms with Crippen LogP contribution < -0.4 is 5.32 Å². The number of benzene rings is 1. The van der Waals surface area contributed by atoms with Crippen LogP contribution in [0.1, 0.15) is 63.5 Å². The van der Waals surface area contributed by atoms with E-state index >= 15 is 0 Å². The molecule has 1 amide bonds. The molecule has 3 unspecified atom stereocenters. The predicted octanol–water partition coefficient (Wildman–Crippen LogP) is 4.51. The number of aryl methyl sites for hydroxylation is 1. The van der Waals surface area contributed by atoms with E-state index < -0.39 is 0 Å². The van der Waals surface area contributed by atoms with E-state index in [0.29, 0.717) is 30.0 Å². The number of nitrogens with one attached hydrogen (secondary N) is 1. The van der Waals surface area contributed by atoms with Crippen molar-refractivity contribution in [3.63, 3.8) is 0 Å². The second-order valence-electron chi connectivity index (χ2n) is 8.11. The minimum atomic E-state index is 0. The predicted molar refractivity (Wildman–Crippen MR) is 111 cm³/mol. The van der Waals surface area contributed by atoms with Gasteiger partial charge in [-0.15, -0.1) is 12.4 Å². The second kappa shape index (κ2) is 9.75. The third-order valence-electron chi connectivity index (χ3n) is 6.20. The molecule has 3 rings (SSSR count). The second-order valence-corrected chi connectivity index (χ2v) is 8.11. The van der Waals surface area contributed by atoms with Gasteiger partial charge >= 0.3 is 0 Å². The maximum absolute atomic E-state index is 13.0. The number of rotatable bonds is 7. The summed E-state index contributed by atoms with van der Waals surface area (Å²) in [6, 6.07) is 10.4. The largest absolute Gasteiger partial charge is 0.340 e. The molecule has 3 atom stereocenters. The number of likely N-dealkylation sites (N-methyl/N-ethyl adjacent to an activating group) is 1. The monoisotopic (exact) mass is 378 g/mol. The van der Waals surface area contributed by atoms with Crippen molar-refractivity contribution in [1.29, 1.82) is 0 Å². The Kier molecular flexibility index (Phi) is 7.97. The summed E-state index contributed by atoms with van der Waals surface area (Å²) in [5.74, 6) is 0.949. The first-order valence-corrected chi connectivity index (χ1v) is 10.2. The lowest BCUT2D eigenvalue weighted by molar-refractivity contribution is -0.134. The molecule has 0 aromatic heterocycles. The number of hydrogen-bond acceptors (Lipinski definition) is 2. The minimum absolute atomic E-state index is 0. The fourth-order valence-electron chi connectivity index (χ4n) is 4.82. The van der Waals surface area contributed by atoms with E-state index in [1.165, 1.54) is 36.8 Å². The average Bonchev–Trinajstić information content (AvgIpc) is 2.95. The number of piperidine rings is 1.